The van der Waals surface area contributed by atoms with Crippen LogP contribution in [0.2, 0.25) is 0 Å². The molecule has 2 aromatic rings. The van der Waals surface area contributed by atoms with E-state index in [4.69, 9.17) is 9.47 Å². The zero-order valence-electron chi connectivity index (χ0n) is 17.2. The Bertz CT molecular complexity index is 839. The molecule has 0 atom stereocenters. The first-order valence-corrected chi connectivity index (χ1v) is 9.36. The summed E-state index contributed by atoms with van der Waals surface area (Å²) < 4.78 is 9.41. The zero-order valence-corrected chi connectivity index (χ0v) is 17.2. The number of carbonyl (C=O) groups is 3. The van der Waals surface area contributed by atoms with Gasteiger partial charge in [-0.2, -0.15) is 0 Å². The lowest BCUT2D eigenvalue weighted by molar-refractivity contribution is 0.0599. The Morgan fingerprint density at radius 2 is 1.34 bits per heavy atom. The first-order chi connectivity index (χ1) is 13.9. The van der Waals surface area contributed by atoms with Crippen molar-refractivity contribution in [3.05, 3.63) is 64.7 Å². The minimum absolute atomic E-state index is 0.139. The maximum absolute atomic E-state index is 12.6. The maximum Gasteiger partial charge on any atom is 0.337 e. The van der Waals surface area contributed by atoms with Gasteiger partial charge in [0, 0.05) is 17.8 Å². The van der Waals surface area contributed by atoms with E-state index in [1.165, 1.54) is 32.4 Å². The number of hydrogen-bond donors (Lipinski definition) is 1. The predicted octanol–water partition coefficient (Wildman–Crippen LogP) is 3.35. The second kappa shape index (κ2) is 10.4. The van der Waals surface area contributed by atoms with Crippen LogP contribution in [0.25, 0.3) is 0 Å². The van der Waals surface area contributed by atoms with Gasteiger partial charge in [-0.25, -0.2) is 9.59 Å². The molecule has 154 valence electrons. The van der Waals surface area contributed by atoms with Crippen LogP contribution in [-0.4, -0.2) is 50.1 Å². The minimum Gasteiger partial charge on any atom is -0.465 e. The van der Waals surface area contributed by atoms with E-state index in [1.54, 1.807) is 12.1 Å². The summed E-state index contributed by atoms with van der Waals surface area (Å²) in [6.07, 6.45) is 0. The second-order valence-corrected chi connectivity index (χ2v) is 6.39. The molecule has 0 aliphatic rings. The molecular weight excluding hydrogens is 372 g/mol. The highest BCUT2D eigenvalue weighted by atomic mass is 16.5. The molecule has 0 bridgehead atoms. The number of nitrogens with zero attached hydrogens (tertiary/aromatic N) is 1. The van der Waals surface area contributed by atoms with E-state index >= 15 is 0 Å². The van der Waals surface area contributed by atoms with Crippen LogP contribution < -0.4 is 5.32 Å². The molecule has 0 saturated heterocycles. The van der Waals surface area contributed by atoms with Gasteiger partial charge in [-0.3, -0.25) is 9.69 Å². The Morgan fingerprint density at radius 3 is 1.79 bits per heavy atom. The largest absolute Gasteiger partial charge is 0.465 e. The van der Waals surface area contributed by atoms with Gasteiger partial charge in [0.1, 0.15) is 0 Å². The van der Waals surface area contributed by atoms with Crippen LogP contribution in [0.15, 0.2) is 42.5 Å². The molecule has 7 heteroatoms. The van der Waals surface area contributed by atoms with Crippen molar-refractivity contribution < 1.29 is 23.9 Å². The van der Waals surface area contributed by atoms with Crippen LogP contribution in [0, 0.1) is 0 Å². The number of rotatable bonds is 8. The number of carbonyl (C=O) groups excluding carboxylic acids is 3. The Morgan fingerprint density at radius 1 is 0.828 bits per heavy atom. The fourth-order valence-electron chi connectivity index (χ4n) is 2.84. The highest BCUT2D eigenvalue weighted by Gasteiger charge is 2.15. The van der Waals surface area contributed by atoms with Gasteiger partial charge in [-0.15, -0.1) is 0 Å². The Labute approximate surface area is 170 Å². The van der Waals surface area contributed by atoms with Crippen molar-refractivity contribution in [3.8, 4) is 0 Å². The van der Waals surface area contributed by atoms with E-state index in [1.807, 2.05) is 12.1 Å². The number of methoxy groups -OCH3 is 2. The molecule has 29 heavy (non-hydrogen) atoms. The van der Waals surface area contributed by atoms with Crippen molar-refractivity contribution in [3.63, 3.8) is 0 Å². The van der Waals surface area contributed by atoms with Gasteiger partial charge in [0.15, 0.2) is 0 Å². The van der Waals surface area contributed by atoms with Crippen molar-refractivity contribution in [2.24, 2.45) is 0 Å². The van der Waals surface area contributed by atoms with Gasteiger partial charge in [-0.1, -0.05) is 26.0 Å². The maximum atomic E-state index is 12.6. The van der Waals surface area contributed by atoms with Gasteiger partial charge < -0.3 is 14.8 Å². The topological polar surface area (TPSA) is 84.9 Å². The van der Waals surface area contributed by atoms with Gasteiger partial charge in [-0.05, 0) is 49.0 Å². The standard InChI is InChI=1S/C22H26N2O5/c1-5-24(6-2)14-15-7-9-16(10-8-15)20(25)23-19-12-17(21(26)28-3)11-18(13-19)22(27)29-4/h7-13H,5-6,14H2,1-4H3,(H,23,25). The second-order valence-electron chi connectivity index (χ2n) is 6.39. The fourth-order valence-corrected chi connectivity index (χ4v) is 2.84. The summed E-state index contributed by atoms with van der Waals surface area (Å²) in [4.78, 5) is 38.6. The van der Waals surface area contributed by atoms with Crippen LogP contribution in [0.5, 0.6) is 0 Å². The summed E-state index contributed by atoms with van der Waals surface area (Å²) in [7, 11) is 2.48. The van der Waals surface area contributed by atoms with Gasteiger partial charge >= 0.3 is 11.9 Å². The predicted molar refractivity (Wildman–Crippen MR) is 110 cm³/mol. The summed E-state index contributed by atoms with van der Waals surface area (Å²) in [5.41, 5.74) is 2.16. The third-order valence-corrected chi connectivity index (χ3v) is 4.55. The molecule has 2 aromatic carbocycles. The zero-order chi connectivity index (χ0) is 21.4. The summed E-state index contributed by atoms with van der Waals surface area (Å²) in [5.74, 6) is -1.59. The van der Waals surface area contributed by atoms with E-state index in [-0.39, 0.29) is 17.0 Å². The van der Waals surface area contributed by atoms with Gasteiger partial charge in [0.05, 0.1) is 25.3 Å². The lowest BCUT2D eigenvalue weighted by Gasteiger charge is -2.18. The lowest BCUT2D eigenvalue weighted by Crippen LogP contribution is -2.22. The monoisotopic (exact) mass is 398 g/mol. The average Bonchev–Trinajstić information content (AvgIpc) is 2.76. The molecule has 2 rings (SSSR count). The molecule has 0 saturated carbocycles. The summed E-state index contributed by atoms with van der Waals surface area (Å²) >= 11 is 0. The average molecular weight is 398 g/mol. The van der Waals surface area contributed by atoms with E-state index < -0.39 is 11.9 Å². The van der Waals surface area contributed by atoms with E-state index in [9.17, 15) is 14.4 Å². The summed E-state index contributed by atoms with van der Waals surface area (Å²) in [6, 6.07) is 11.6. The number of esters is 2. The molecule has 0 unspecified atom stereocenters. The number of anilines is 1. The van der Waals surface area contributed by atoms with Crippen molar-refractivity contribution >= 4 is 23.5 Å². The summed E-state index contributed by atoms with van der Waals surface area (Å²) in [6.45, 7) is 6.95. The van der Waals surface area contributed by atoms with E-state index in [0.717, 1.165) is 25.2 Å². The first kappa shape index (κ1) is 22.1. The number of hydrogen-bond acceptors (Lipinski definition) is 6. The molecule has 0 heterocycles. The molecule has 7 nitrogen and oxygen atoms in total. The van der Waals surface area contributed by atoms with Crippen LogP contribution in [0.4, 0.5) is 5.69 Å². The normalized spacial score (nSPS) is 10.5. The summed E-state index contributed by atoms with van der Waals surface area (Å²) in [5, 5.41) is 2.71. The minimum atomic E-state index is -0.619. The Hall–Kier alpha value is -3.19. The first-order valence-electron chi connectivity index (χ1n) is 9.36. The molecule has 0 radical (unpaired) electrons. The molecule has 0 aliphatic carbocycles. The van der Waals surface area contributed by atoms with Crippen molar-refractivity contribution in [2.75, 3.05) is 32.6 Å². The molecular formula is C22H26N2O5. The van der Waals surface area contributed by atoms with Gasteiger partial charge in [0.25, 0.3) is 5.91 Å². The Kier molecular flexibility index (Phi) is 7.91. The molecule has 0 fully saturated rings. The highest BCUT2D eigenvalue weighted by Crippen LogP contribution is 2.18. The fraction of sp³-hybridized carbons (Fsp3) is 0.318. The SMILES string of the molecule is CCN(CC)Cc1ccc(C(=O)Nc2cc(C(=O)OC)cc(C(=O)OC)c2)cc1. The van der Waals surface area contributed by atoms with Crippen LogP contribution in [-0.2, 0) is 16.0 Å². The third-order valence-electron chi connectivity index (χ3n) is 4.55. The number of amides is 1. The van der Waals surface area contributed by atoms with Gasteiger partial charge in [0.2, 0.25) is 0 Å². The number of nitrogens with one attached hydrogen (secondary N) is 1. The molecule has 1 N–H and O–H groups in total. The molecule has 1 amide bonds. The number of benzene rings is 2. The van der Waals surface area contributed by atoms with Crippen molar-refractivity contribution in [1.29, 1.82) is 0 Å². The van der Waals surface area contributed by atoms with Crippen LogP contribution >= 0.6 is 0 Å². The van der Waals surface area contributed by atoms with Crippen molar-refractivity contribution in [1.82, 2.24) is 4.90 Å². The lowest BCUT2D eigenvalue weighted by atomic mass is 10.1. The third kappa shape index (κ3) is 5.89. The van der Waals surface area contributed by atoms with Crippen LogP contribution in [0.3, 0.4) is 0 Å². The molecule has 0 aromatic heterocycles. The smallest absolute Gasteiger partial charge is 0.337 e. The van der Waals surface area contributed by atoms with E-state index in [0.29, 0.717) is 11.3 Å². The van der Waals surface area contributed by atoms with E-state index in [2.05, 4.69) is 24.1 Å². The Balaban J connectivity index is 2.21. The molecule has 0 aliphatic heterocycles. The quantitative estimate of drug-likeness (QED) is 0.687. The number of ether oxygens (including phenoxy) is 2. The molecule has 0 spiro atoms. The van der Waals surface area contributed by atoms with Crippen molar-refractivity contribution in [2.45, 2.75) is 20.4 Å². The highest BCUT2D eigenvalue weighted by molar-refractivity contribution is 6.06. The van der Waals surface area contributed by atoms with Crippen LogP contribution in [0.1, 0.15) is 50.5 Å².